The molecule has 2 aromatic rings. The van der Waals surface area contributed by atoms with Gasteiger partial charge in [0, 0.05) is 11.1 Å². The van der Waals surface area contributed by atoms with E-state index in [1.54, 1.807) is 13.8 Å². The summed E-state index contributed by atoms with van der Waals surface area (Å²) in [5.74, 6) is -1.02. The zero-order valence-corrected chi connectivity index (χ0v) is 13.7. The van der Waals surface area contributed by atoms with E-state index in [9.17, 15) is 13.1 Å². The SMILES string of the molecule is CC.CCOC(=O)c1c(C)c(-c2ccc(F)cc2)nn1SF. The van der Waals surface area contributed by atoms with Crippen molar-refractivity contribution in [1.29, 1.82) is 0 Å². The van der Waals surface area contributed by atoms with E-state index in [2.05, 4.69) is 5.10 Å². The Morgan fingerprint density at radius 1 is 1.32 bits per heavy atom. The summed E-state index contributed by atoms with van der Waals surface area (Å²) in [4.78, 5) is 11.8. The fraction of sp³-hybridized carbons (Fsp3) is 0.333. The van der Waals surface area contributed by atoms with Crippen molar-refractivity contribution in [2.45, 2.75) is 27.7 Å². The Bertz CT molecular complexity index is 627. The van der Waals surface area contributed by atoms with E-state index in [1.165, 1.54) is 24.3 Å². The minimum absolute atomic E-state index is 0.0404. The van der Waals surface area contributed by atoms with E-state index in [0.29, 0.717) is 16.8 Å². The van der Waals surface area contributed by atoms with E-state index in [0.717, 1.165) is 4.09 Å². The molecular formula is C15H18F2N2O2S. The molecule has 0 amide bonds. The minimum atomic E-state index is -0.643. The second kappa shape index (κ2) is 8.53. The predicted molar refractivity (Wildman–Crippen MR) is 83.8 cm³/mol. The molecule has 0 aliphatic heterocycles. The Kier molecular flexibility index (Phi) is 7.04. The van der Waals surface area contributed by atoms with Crippen molar-refractivity contribution >= 4 is 18.3 Å². The second-order valence-corrected chi connectivity index (χ2v) is 4.48. The lowest BCUT2D eigenvalue weighted by Gasteiger charge is -2.02. The number of hydrogen-bond donors (Lipinski definition) is 0. The first-order chi connectivity index (χ1) is 10.6. The van der Waals surface area contributed by atoms with Crippen LogP contribution in [0.1, 0.15) is 36.8 Å². The normalized spacial score (nSPS) is 9.91. The van der Waals surface area contributed by atoms with Gasteiger partial charge in [-0.15, -0.1) is 3.89 Å². The number of carbonyl (C=O) groups is 1. The lowest BCUT2D eigenvalue weighted by molar-refractivity contribution is 0.0517. The van der Waals surface area contributed by atoms with Gasteiger partial charge >= 0.3 is 5.97 Å². The van der Waals surface area contributed by atoms with Crippen molar-refractivity contribution in [3.05, 3.63) is 41.3 Å². The third-order valence-electron chi connectivity index (χ3n) is 2.74. The maximum atomic E-state index is 12.9. The maximum Gasteiger partial charge on any atom is 0.358 e. The molecule has 0 atom stereocenters. The number of hydrogen-bond acceptors (Lipinski definition) is 4. The lowest BCUT2D eigenvalue weighted by atomic mass is 10.1. The molecule has 0 aliphatic carbocycles. The van der Waals surface area contributed by atoms with E-state index in [4.69, 9.17) is 4.74 Å². The van der Waals surface area contributed by atoms with Crippen LogP contribution in [-0.4, -0.2) is 21.8 Å². The Balaban J connectivity index is 0.00000116. The largest absolute Gasteiger partial charge is 0.461 e. The molecule has 0 aliphatic rings. The monoisotopic (exact) mass is 328 g/mol. The van der Waals surface area contributed by atoms with Crippen LogP contribution in [0.15, 0.2) is 24.3 Å². The van der Waals surface area contributed by atoms with Gasteiger partial charge in [-0.05, 0) is 38.1 Å². The highest BCUT2D eigenvalue weighted by molar-refractivity contribution is 7.92. The van der Waals surface area contributed by atoms with Crippen LogP contribution in [0, 0.1) is 12.7 Å². The minimum Gasteiger partial charge on any atom is -0.461 e. The fourth-order valence-electron chi connectivity index (χ4n) is 1.83. The van der Waals surface area contributed by atoms with Crippen LogP contribution >= 0.6 is 12.3 Å². The zero-order chi connectivity index (χ0) is 16.7. The van der Waals surface area contributed by atoms with Crippen LogP contribution in [0.3, 0.4) is 0 Å². The summed E-state index contributed by atoms with van der Waals surface area (Å²) in [7, 11) is 0. The van der Waals surface area contributed by atoms with Gasteiger partial charge in [-0.1, -0.05) is 13.8 Å². The first kappa shape index (κ1) is 18.2. The standard InChI is InChI=1S/C13H12F2N2O2S.C2H6/c1-3-19-13(18)12-8(2)11(16-17(12)20-15)9-4-6-10(14)7-5-9;1-2/h4-7H,3H2,1-2H3;1-2H3. The Labute approximate surface area is 132 Å². The number of esters is 1. The van der Waals surface area contributed by atoms with Gasteiger partial charge < -0.3 is 4.74 Å². The van der Waals surface area contributed by atoms with Crippen molar-refractivity contribution in [2.24, 2.45) is 0 Å². The molecule has 0 saturated carbocycles. The number of nitrogens with zero attached hydrogens (tertiary/aromatic N) is 2. The van der Waals surface area contributed by atoms with E-state index >= 15 is 0 Å². The Morgan fingerprint density at radius 2 is 1.91 bits per heavy atom. The highest BCUT2D eigenvalue weighted by Gasteiger charge is 2.23. The van der Waals surface area contributed by atoms with Crippen LogP contribution in [0.2, 0.25) is 0 Å². The summed E-state index contributed by atoms with van der Waals surface area (Å²) in [6.45, 7) is 7.49. The summed E-state index contributed by atoms with van der Waals surface area (Å²) in [6.07, 6.45) is 0. The first-order valence-corrected chi connectivity index (χ1v) is 7.57. The summed E-state index contributed by atoms with van der Waals surface area (Å²) >= 11 is -0.187. The molecule has 2 rings (SSSR count). The van der Waals surface area contributed by atoms with Crippen molar-refractivity contribution in [3.8, 4) is 11.3 Å². The van der Waals surface area contributed by atoms with Gasteiger partial charge in [-0.3, -0.25) is 0 Å². The quantitative estimate of drug-likeness (QED) is 0.771. The molecule has 120 valence electrons. The molecule has 1 aromatic heterocycles. The zero-order valence-electron chi connectivity index (χ0n) is 12.9. The topological polar surface area (TPSA) is 44.1 Å². The van der Waals surface area contributed by atoms with Crippen LogP contribution in [0.4, 0.5) is 8.28 Å². The van der Waals surface area contributed by atoms with Crippen molar-refractivity contribution in [1.82, 2.24) is 9.19 Å². The highest BCUT2D eigenvalue weighted by atomic mass is 32.2. The lowest BCUT2D eigenvalue weighted by Crippen LogP contribution is -2.10. The van der Waals surface area contributed by atoms with Gasteiger partial charge in [0.05, 0.1) is 12.3 Å². The van der Waals surface area contributed by atoms with E-state index < -0.39 is 5.97 Å². The molecule has 22 heavy (non-hydrogen) atoms. The summed E-state index contributed by atoms with van der Waals surface area (Å²) in [6, 6.07) is 5.60. The van der Waals surface area contributed by atoms with Gasteiger partial charge in [0.15, 0.2) is 18.0 Å². The molecule has 0 spiro atoms. The Morgan fingerprint density at radius 3 is 2.41 bits per heavy atom. The fourth-order valence-corrected chi connectivity index (χ4v) is 2.23. The number of rotatable bonds is 4. The van der Waals surface area contributed by atoms with Gasteiger partial charge in [0.2, 0.25) is 0 Å². The number of carbonyl (C=O) groups excluding carboxylic acids is 1. The number of aromatic nitrogens is 2. The van der Waals surface area contributed by atoms with E-state index in [-0.39, 0.29) is 30.5 Å². The number of benzene rings is 1. The molecule has 7 heteroatoms. The average Bonchev–Trinajstić information content (AvgIpc) is 2.87. The maximum absolute atomic E-state index is 12.9. The van der Waals surface area contributed by atoms with Crippen LogP contribution in [0.5, 0.6) is 0 Å². The molecule has 0 radical (unpaired) electrons. The summed E-state index contributed by atoms with van der Waals surface area (Å²) < 4.78 is 31.6. The number of ether oxygens (including phenoxy) is 1. The van der Waals surface area contributed by atoms with Crippen molar-refractivity contribution in [2.75, 3.05) is 6.61 Å². The highest BCUT2D eigenvalue weighted by Crippen LogP contribution is 2.28. The first-order valence-electron chi connectivity index (χ1n) is 6.90. The third-order valence-corrected chi connectivity index (χ3v) is 3.14. The van der Waals surface area contributed by atoms with Crippen molar-refractivity contribution < 1.29 is 17.8 Å². The predicted octanol–water partition coefficient (Wildman–Crippen LogP) is 4.58. The van der Waals surface area contributed by atoms with Crippen LogP contribution < -0.4 is 0 Å². The molecule has 0 unspecified atom stereocenters. The van der Waals surface area contributed by atoms with E-state index in [1.807, 2.05) is 13.8 Å². The van der Waals surface area contributed by atoms with Gasteiger partial charge in [0.25, 0.3) is 0 Å². The molecule has 0 N–H and O–H groups in total. The van der Waals surface area contributed by atoms with Gasteiger partial charge in [-0.2, -0.15) is 9.19 Å². The molecule has 0 saturated heterocycles. The smallest absolute Gasteiger partial charge is 0.358 e. The average molecular weight is 328 g/mol. The molecule has 4 nitrogen and oxygen atoms in total. The molecule has 0 bridgehead atoms. The Hall–Kier alpha value is -1.89. The second-order valence-electron chi connectivity index (χ2n) is 3.99. The summed E-state index contributed by atoms with van der Waals surface area (Å²) in [5.41, 5.74) is 1.54. The number of halogens is 2. The van der Waals surface area contributed by atoms with Gasteiger partial charge in [-0.25, -0.2) is 9.18 Å². The molecule has 1 heterocycles. The van der Waals surface area contributed by atoms with Crippen molar-refractivity contribution in [3.63, 3.8) is 0 Å². The van der Waals surface area contributed by atoms with Gasteiger partial charge in [0.1, 0.15) is 5.82 Å². The van der Waals surface area contributed by atoms with Crippen LogP contribution in [-0.2, 0) is 4.74 Å². The summed E-state index contributed by atoms with van der Waals surface area (Å²) in [5, 5.41) is 4.01. The third kappa shape index (κ3) is 3.85. The molecular weight excluding hydrogens is 310 g/mol. The molecule has 0 fully saturated rings. The van der Waals surface area contributed by atoms with Crippen LogP contribution in [0.25, 0.3) is 11.3 Å². The molecule has 1 aromatic carbocycles.